The third kappa shape index (κ3) is 2.12. The number of fused-ring (bicyclic) bond motifs is 2. The highest BCUT2D eigenvalue weighted by atomic mass is 16.5. The first-order chi connectivity index (χ1) is 14.9. The van der Waals surface area contributed by atoms with Gasteiger partial charge in [0.25, 0.3) is 0 Å². The Hall–Kier alpha value is -0.280. The SMILES string of the molecule is CCN1C[C@]2(COC)CC[C@H](O)C34[C@@H]5C[C@@H]6[C@H](O)[C@@H]5[C@](O)(C[C@@H]6OC)[C@H]([C@H](OC)[C@@H]32)[C@@H]14. The number of hydrogen-bond donors (Lipinski definition) is 3. The summed E-state index contributed by atoms with van der Waals surface area (Å²) >= 11 is 0. The van der Waals surface area contributed by atoms with E-state index in [1.165, 1.54) is 0 Å². The number of aliphatic hydroxyl groups is 3. The molecule has 6 fully saturated rings. The molecule has 6 rings (SSSR count). The molecule has 1 saturated heterocycles. The summed E-state index contributed by atoms with van der Waals surface area (Å²) in [6.45, 7) is 4.63. The van der Waals surface area contributed by atoms with E-state index < -0.39 is 17.8 Å². The number of piperidine rings is 1. The van der Waals surface area contributed by atoms with Crippen LogP contribution in [0, 0.1) is 40.4 Å². The zero-order valence-electron chi connectivity index (χ0n) is 19.2. The number of aliphatic hydroxyl groups excluding tert-OH is 2. The normalized spacial score (nSPS) is 61.6. The van der Waals surface area contributed by atoms with Crippen molar-refractivity contribution in [1.29, 1.82) is 0 Å². The Morgan fingerprint density at radius 3 is 2.52 bits per heavy atom. The molecule has 13 atom stereocenters. The van der Waals surface area contributed by atoms with E-state index in [1.807, 2.05) is 0 Å². The van der Waals surface area contributed by atoms with Crippen molar-refractivity contribution in [3.05, 3.63) is 0 Å². The van der Waals surface area contributed by atoms with Crippen molar-refractivity contribution in [1.82, 2.24) is 4.90 Å². The van der Waals surface area contributed by atoms with Crippen LogP contribution in [-0.4, -0.2) is 97.3 Å². The molecule has 7 nitrogen and oxygen atoms in total. The maximum absolute atomic E-state index is 12.5. The quantitative estimate of drug-likeness (QED) is 0.577. The standard InChI is InChI=1S/C24H39NO6/c1-5-25-10-22(11-29-2)7-6-15(26)24-13-8-12-14(30-3)9-23(28,16(13)18(12)27)17(21(24)25)19(31-4)20(22)24/h12-21,26-28H,5-11H2,1-4H3/t12-,13+,14-,15-,16+,17+,18-,19-,20+,21+,22-,23+,24?/m0/s1. The Morgan fingerprint density at radius 1 is 1.10 bits per heavy atom. The molecular weight excluding hydrogens is 398 g/mol. The summed E-state index contributed by atoms with van der Waals surface area (Å²) in [7, 11) is 5.24. The van der Waals surface area contributed by atoms with Crippen molar-refractivity contribution < 1.29 is 29.5 Å². The molecule has 0 aromatic heterocycles. The van der Waals surface area contributed by atoms with Crippen LogP contribution in [0.25, 0.3) is 0 Å². The van der Waals surface area contributed by atoms with Gasteiger partial charge in [-0.2, -0.15) is 0 Å². The largest absolute Gasteiger partial charge is 0.392 e. The van der Waals surface area contributed by atoms with E-state index in [4.69, 9.17) is 14.2 Å². The Labute approximate surface area is 185 Å². The molecule has 0 amide bonds. The van der Waals surface area contributed by atoms with E-state index >= 15 is 0 Å². The monoisotopic (exact) mass is 437 g/mol. The molecule has 7 bridgehead atoms. The lowest BCUT2D eigenvalue weighted by Gasteiger charge is -2.68. The Bertz CT molecular complexity index is 752. The summed E-state index contributed by atoms with van der Waals surface area (Å²) in [6, 6.07) is 0.0561. The minimum atomic E-state index is -1.05. The molecule has 1 spiro atoms. The van der Waals surface area contributed by atoms with Crippen molar-refractivity contribution in [2.75, 3.05) is 41.0 Å². The molecule has 5 aliphatic carbocycles. The van der Waals surface area contributed by atoms with Gasteiger partial charge in [0.05, 0.1) is 36.6 Å². The summed E-state index contributed by atoms with van der Waals surface area (Å²) in [5, 5.41) is 35.7. The second kappa shape index (κ2) is 6.65. The lowest BCUT2D eigenvalue weighted by atomic mass is 9.43. The minimum Gasteiger partial charge on any atom is -0.392 e. The van der Waals surface area contributed by atoms with Gasteiger partial charge in [-0.3, -0.25) is 4.90 Å². The molecular formula is C24H39NO6. The summed E-state index contributed by atoms with van der Waals surface area (Å²) < 4.78 is 18.0. The average Bonchev–Trinajstić information content (AvgIpc) is 3.16. The summed E-state index contributed by atoms with van der Waals surface area (Å²) in [5.41, 5.74) is -1.54. The van der Waals surface area contributed by atoms with Gasteiger partial charge in [-0.1, -0.05) is 6.92 Å². The highest BCUT2D eigenvalue weighted by Crippen LogP contribution is 2.79. The van der Waals surface area contributed by atoms with Crippen LogP contribution in [-0.2, 0) is 14.2 Å². The van der Waals surface area contributed by atoms with Crippen LogP contribution < -0.4 is 0 Å². The van der Waals surface area contributed by atoms with E-state index in [1.54, 1.807) is 21.3 Å². The molecule has 1 heterocycles. The second-order valence-corrected chi connectivity index (χ2v) is 11.6. The molecule has 0 aromatic carbocycles. The topological polar surface area (TPSA) is 91.6 Å². The lowest BCUT2D eigenvalue weighted by molar-refractivity contribution is -0.272. The first-order valence-electron chi connectivity index (χ1n) is 12.2. The maximum Gasteiger partial charge on any atom is 0.0796 e. The Kier molecular flexibility index (Phi) is 4.56. The first-order valence-corrected chi connectivity index (χ1v) is 12.2. The number of nitrogens with zero attached hydrogens (tertiary/aromatic N) is 1. The van der Waals surface area contributed by atoms with E-state index in [-0.39, 0.29) is 58.7 Å². The molecule has 5 saturated carbocycles. The Morgan fingerprint density at radius 2 is 1.87 bits per heavy atom. The fraction of sp³-hybridized carbons (Fsp3) is 1.00. The zero-order valence-corrected chi connectivity index (χ0v) is 19.2. The molecule has 176 valence electrons. The van der Waals surface area contributed by atoms with Crippen LogP contribution >= 0.6 is 0 Å². The summed E-state index contributed by atoms with van der Waals surface area (Å²) in [4.78, 5) is 2.52. The van der Waals surface area contributed by atoms with Gasteiger partial charge in [0.2, 0.25) is 0 Å². The number of rotatable bonds is 5. The predicted molar refractivity (Wildman–Crippen MR) is 112 cm³/mol. The van der Waals surface area contributed by atoms with Gasteiger partial charge in [0.15, 0.2) is 0 Å². The number of methoxy groups -OCH3 is 3. The third-order valence-corrected chi connectivity index (χ3v) is 11.1. The number of ether oxygens (including phenoxy) is 3. The van der Waals surface area contributed by atoms with E-state index in [0.29, 0.717) is 13.0 Å². The van der Waals surface area contributed by atoms with Crippen LogP contribution in [0.15, 0.2) is 0 Å². The third-order valence-electron chi connectivity index (χ3n) is 11.1. The summed E-state index contributed by atoms with van der Waals surface area (Å²) in [6.07, 6.45) is 1.65. The predicted octanol–water partition coefficient (Wildman–Crippen LogP) is 0.502. The van der Waals surface area contributed by atoms with Crippen molar-refractivity contribution in [2.24, 2.45) is 40.4 Å². The van der Waals surface area contributed by atoms with Crippen molar-refractivity contribution in [3.63, 3.8) is 0 Å². The highest BCUT2D eigenvalue weighted by molar-refractivity contribution is 5.35. The van der Waals surface area contributed by atoms with Gasteiger partial charge in [-0.25, -0.2) is 0 Å². The van der Waals surface area contributed by atoms with E-state index in [2.05, 4.69) is 11.8 Å². The van der Waals surface area contributed by atoms with Gasteiger partial charge in [-0.15, -0.1) is 0 Å². The first kappa shape index (κ1) is 21.3. The smallest absolute Gasteiger partial charge is 0.0796 e. The van der Waals surface area contributed by atoms with Crippen LogP contribution in [0.3, 0.4) is 0 Å². The van der Waals surface area contributed by atoms with Gasteiger partial charge in [-0.05, 0) is 31.7 Å². The van der Waals surface area contributed by atoms with Crippen LogP contribution in [0.4, 0.5) is 0 Å². The van der Waals surface area contributed by atoms with Gasteiger partial charge in [0, 0.05) is 74.8 Å². The van der Waals surface area contributed by atoms with Crippen LogP contribution in [0.2, 0.25) is 0 Å². The molecule has 1 unspecified atom stereocenters. The van der Waals surface area contributed by atoms with Crippen LogP contribution in [0.5, 0.6) is 0 Å². The van der Waals surface area contributed by atoms with Gasteiger partial charge in [0.1, 0.15) is 0 Å². The molecule has 7 heteroatoms. The molecule has 31 heavy (non-hydrogen) atoms. The van der Waals surface area contributed by atoms with E-state index in [9.17, 15) is 15.3 Å². The van der Waals surface area contributed by atoms with Crippen molar-refractivity contribution in [3.8, 4) is 0 Å². The Balaban J connectivity index is 1.62. The van der Waals surface area contributed by atoms with Crippen LogP contribution in [0.1, 0.15) is 32.6 Å². The molecule has 0 radical (unpaired) electrons. The maximum atomic E-state index is 12.5. The molecule has 3 N–H and O–H groups in total. The van der Waals surface area contributed by atoms with E-state index in [0.717, 1.165) is 32.4 Å². The van der Waals surface area contributed by atoms with Gasteiger partial charge < -0.3 is 29.5 Å². The minimum absolute atomic E-state index is 0.0248. The average molecular weight is 438 g/mol. The second-order valence-electron chi connectivity index (χ2n) is 11.6. The van der Waals surface area contributed by atoms with Gasteiger partial charge >= 0.3 is 0 Å². The fourth-order valence-corrected chi connectivity index (χ4v) is 10.7. The molecule has 1 aliphatic heterocycles. The zero-order chi connectivity index (χ0) is 21.9. The lowest BCUT2D eigenvalue weighted by Crippen LogP contribution is -2.76. The highest BCUT2D eigenvalue weighted by Gasteiger charge is 2.86. The van der Waals surface area contributed by atoms with Crippen molar-refractivity contribution >= 4 is 0 Å². The fourth-order valence-electron chi connectivity index (χ4n) is 10.7. The molecule has 0 aromatic rings. The van der Waals surface area contributed by atoms with Crippen molar-refractivity contribution in [2.45, 2.75) is 68.7 Å². The number of likely N-dealkylation sites (tertiary alicyclic amines) is 1. The number of hydrogen-bond acceptors (Lipinski definition) is 7. The molecule has 6 aliphatic rings. The summed E-state index contributed by atoms with van der Waals surface area (Å²) in [5.74, 6) is -0.168.